The van der Waals surface area contributed by atoms with Crippen molar-refractivity contribution in [3.63, 3.8) is 0 Å². The molecule has 0 saturated heterocycles. The summed E-state index contributed by atoms with van der Waals surface area (Å²) in [4.78, 5) is 0. The van der Waals surface area contributed by atoms with Gasteiger partial charge < -0.3 is 17.3 Å². The Kier molecular flexibility index (Phi) is 9.62. The topological polar surface area (TPSA) is 18.5 Å². The molecule has 4 aromatic rings. The molecule has 0 heterocycles. The third-order valence-corrected chi connectivity index (χ3v) is 9.13. The average Bonchev–Trinajstić information content (AvgIpc) is 2.84. The molecule has 8 heteroatoms. The summed E-state index contributed by atoms with van der Waals surface area (Å²) < 4.78 is 55.0. The quantitative estimate of drug-likeness (QED) is 0.181. The SMILES string of the molecule is F[B-](F)(F)F.c1ccc(OCCOc2ccccc2[Se+](c2ccccc2)c2ccccc2)cc1. The Morgan fingerprint density at radius 1 is 0.529 bits per heavy atom. The molecule has 0 N–H and O–H groups in total. The van der Waals surface area contributed by atoms with Crippen molar-refractivity contribution >= 4 is 34.5 Å². The summed E-state index contributed by atoms with van der Waals surface area (Å²) in [5.74, 6) is 1.81. The maximum absolute atomic E-state index is 9.75. The first-order valence-electron chi connectivity index (χ1n) is 10.5. The predicted molar refractivity (Wildman–Crippen MR) is 132 cm³/mol. The molecule has 0 aromatic heterocycles. The second kappa shape index (κ2) is 12.9. The van der Waals surface area contributed by atoms with Gasteiger partial charge in [-0.15, -0.1) is 0 Å². The van der Waals surface area contributed by atoms with E-state index in [0.717, 1.165) is 11.5 Å². The number of ether oxygens (including phenoxy) is 2. The third kappa shape index (κ3) is 8.62. The summed E-state index contributed by atoms with van der Waals surface area (Å²) in [7, 11) is -6.00. The molecule has 4 rings (SSSR count). The van der Waals surface area contributed by atoms with Crippen LogP contribution in [0.1, 0.15) is 0 Å². The Hall–Kier alpha value is -3.22. The first kappa shape index (κ1) is 25.4. The predicted octanol–water partition coefficient (Wildman–Crippen LogP) is 4.96. The normalized spacial score (nSPS) is 10.9. The molecule has 34 heavy (non-hydrogen) atoms. The van der Waals surface area contributed by atoms with Crippen LogP contribution in [-0.2, 0) is 0 Å². The molecule has 0 spiro atoms. The van der Waals surface area contributed by atoms with Crippen LogP contribution in [0.15, 0.2) is 115 Å². The van der Waals surface area contributed by atoms with E-state index in [1.165, 1.54) is 13.4 Å². The van der Waals surface area contributed by atoms with E-state index >= 15 is 0 Å². The number of hydrogen-bond acceptors (Lipinski definition) is 2. The van der Waals surface area contributed by atoms with Gasteiger partial charge in [-0.2, -0.15) is 0 Å². The first-order chi connectivity index (χ1) is 16.4. The van der Waals surface area contributed by atoms with E-state index in [1.807, 2.05) is 36.4 Å². The van der Waals surface area contributed by atoms with E-state index < -0.39 is 21.2 Å². The van der Waals surface area contributed by atoms with Gasteiger partial charge >= 0.3 is 184 Å². The number of para-hydroxylation sites is 2. The number of hydrogen-bond donors (Lipinski definition) is 0. The van der Waals surface area contributed by atoms with E-state index in [0.29, 0.717) is 13.2 Å². The van der Waals surface area contributed by atoms with Gasteiger partial charge in [0.1, 0.15) is 0 Å². The van der Waals surface area contributed by atoms with E-state index in [4.69, 9.17) is 9.47 Å². The monoisotopic (exact) mass is 534 g/mol. The van der Waals surface area contributed by atoms with E-state index in [2.05, 4.69) is 78.9 Å². The fourth-order valence-electron chi connectivity index (χ4n) is 3.07. The Labute approximate surface area is 201 Å². The van der Waals surface area contributed by atoms with Gasteiger partial charge in [0.25, 0.3) is 0 Å². The molecule has 2 nitrogen and oxygen atoms in total. The van der Waals surface area contributed by atoms with Gasteiger partial charge in [-0.25, -0.2) is 0 Å². The molecule has 0 fully saturated rings. The molecule has 0 atom stereocenters. The second-order valence-corrected chi connectivity index (χ2v) is 11.1. The molecule has 0 bridgehead atoms. The van der Waals surface area contributed by atoms with Gasteiger partial charge in [-0.1, -0.05) is 0 Å². The van der Waals surface area contributed by atoms with Crippen LogP contribution < -0.4 is 22.9 Å². The molecule has 0 aliphatic carbocycles. The average molecular weight is 533 g/mol. The van der Waals surface area contributed by atoms with E-state index in [-0.39, 0.29) is 0 Å². The van der Waals surface area contributed by atoms with Crippen molar-refractivity contribution in [2.45, 2.75) is 0 Å². The van der Waals surface area contributed by atoms with Crippen molar-refractivity contribution < 1.29 is 26.7 Å². The van der Waals surface area contributed by atoms with Crippen molar-refractivity contribution in [3.8, 4) is 11.5 Å². The van der Waals surface area contributed by atoms with Crippen LogP contribution in [0.3, 0.4) is 0 Å². The fraction of sp³-hybridized carbons (Fsp3) is 0.0769. The summed E-state index contributed by atoms with van der Waals surface area (Å²) in [5.41, 5.74) is 0. The molecular weight excluding hydrogens is 510 g/mol. The summed E-state index contributed by atoms with van der Waals surface area (Å²) in [6, 6.07) is 39.8. The second-order valence-electron chi connectivity index (χ2n) is 6.88. The molecule has 0 saturated carbocycles. The zero-order chi connectivity index (χ0) is 24.2. The van der Waals surface area contributed by atoms with Crippen LogP contribution >= 0.6 is 0 Å². The van der Waals surface area contributed by atoms with Gasteiger partial charge in [0, 0.05) is 0 Å². The van der Waals surface area contributed by atoms with Crippen molar-refractivity contribution in [2.24, 2.45) is 0 Å². The molecule has 176 valence electrons. The van der Waals surface area contributed by atoms with Crippen LogP contribution in [-0.4, -0.2) is 34.4 Å². The molecule has 0 amide bonds. The minimum absolute atomic E-state index is 0.508. The van der Waals surface area contributed by atoms with Crippen LogP contribution in [0.25, 0.3) is 0 Å². The van der Waals surface area contributed by atoms with Crippen molar-refractivity contribution in [3.05, 3.63) is 115 Å². The van der Waals surface area contributed by atoms with Crippen molar-refractivity contribution in [1.82, 2.24) is 0 Å². The van der Waals surface area contributed by atoms with Gasteiger partial charge in [0.05, 0.1) is 0 Å². The van der Waals surface area contributed by atoms with Crippen LogP contribution in [0.2, 0.25) is 0 Å². The first-order valence-corrected chi connectivity index (χ1v) is 13.1. The molecule has 0 aliphatic heterocycles. The van der Waals surface area contributed by atoms with Gasteiger partial charge in [0.15, 0.2) is 0 Å². The Balaban J connectivity index is 0.000000588. The van der Waals surface area contributed by atoms with Gasteiger partial charge in [-0.05, 0) is 0 Å². The zero-order valence-electron chi connectivity index (χ0n) is 18.2. The van der Waals surface area contributed by atoms with Crippen LogP contribution in [0, 0.1) is 0 Å². The number of halogens is 4. The van der Waals surface area contributed by atoms with Gasteiger partial charge in [0.2, 0.25) is 0 Å². The Morgan fingerprint density at radius 3 is 1.47 bits per heavy atom. The van der Waals surface area contributed by atoms with Gasteiger partial charge in [-0.3, -0.25) is 0 Å². The van der Waals surface area contributed by atoms with E-state index in [1.54, 1.807) is 0 Å². The number of benzene rings is 4. The van der Waals surface area contributed by atoms with Crippen molar-refractivity contribution in [2.75, 3.05) is 13.2 Å². The third-order valence-electron chi connectivity index (χ3n) is 4.38. The summed E-state index contributed by atoms with van der Waals surface area (Å²) in [6.07, 6.45) is 0. The molecular formula is C26H23BF4O2Se. The maximum atomic E-state index is 9.75. The van der Waals surface area contributed by atoms with E-state index in [9.17, 15) is 17.3 Å². The zero-order valence-corrected chi connectivity index (χ0v) is 19.9. The fourth-order valence-corrected chi connectivity index (χ4v) is 7.65. The molecule has 0 aliphatic rings. The molecule has 0 unspecified atom stereocenters. The Bertz CT molecular complexity index is 1070. The minimum atomic E-state index is -6.00. The molecule has 4 aromatic carbocycles. The summed E-state index contributed by atoms with van der Waals surface area (Å²) in [5, 5.41) is 0. The number of rotatable bonds is 8. The van der Waals surface area contributed by atoms with Crippen LogP contribution in [0.5, 0.6) is 11.5 Å². The summed E-state index contributed by atoms with van der Waals surface area (Å²) >= 11 is -1.45. The molecule has 0 radical (unpaired) electrons. The standard InChI is InChI=1S/C26H23O2Se.BF4/c1-4-12-22(13-5-1)27-20-21-28-25-18-10-11-19-26(25)29(23-14-6-2-7-15-23)24-16-8-3-9-17-24;2-1(3,4)5/h1-19H,20-21H2;/q+1;-1. The van der Waals surface area contributed by atoms with Crippen molar-refractivity contribution in [1.29, 1.82) is 0 Å². The Morgan fingerprint density at radius 2 is 0.941 bits per heavy atom. The summed E-state index contributed by atoms with van der Waals surface area (Å²) in [6.45, 7) is 1.02. The van der Waals surface area contributed by atoms with Crippen LogP contribution in [0.4, 0.5) is 17.3 Å².